The molecule has 39 heavy (non-hydrogen) atoms. The zero-order valence-electron chi connectivity index (χ0n) is 20.3. The topological polar surface area (TPSA) is 155 Å². The minimum atomic E-state index is -3.47. The molecule has 196 valence electrons. The third kappa shape index (κ3) is 4.69. The van der Waals surface area contributed by atoms with Gasteiger partial charge in [0.05, 0.1) is 34.1 Å². The van der Waals surface area contributed by atoms with Crippen LogP contribution in [0.25, 0.3) is 55.8 Å². The van der Waals surface area contributed by atoms with E-state index in [0.29, 0.717) is 50.2 Å². The molecule has 0 unspecified atom stereocenters. The number of nitrogens with zero attached hydrogens (tertiary/aromatic N) is 4. The van der Waals surface area contributed by atoms with Gasteiger partial charge in [-0.05, 0) is 48.0 Å². The SMILES string of the molecule is CS(=O)(=O)NCc1cc(F)cc(-c2nccc3[nH]c(-c4n[nH]c5ccc(-c6cncc(N)c6)c(F)c45)nc23)c1. The van der Waals surface area contributed by atoms with Crippen LogP contribution in [-0.4, -0.2) is 44.8 Å². The molecule has 6 rings (SSSR count). The van der Waals surface area contributed by atoms with Crippen LogP contribution in [0.3, 0.4) is 0 Å². The van der Waals surface area contributed by atoms with Crippen LogP contribution in [0.1, 0.15) is 5.56 Å². The number of nitrogen functional groups attached to an aromatic ring is 1. The first kappa shape index (κ1) is 24.6. The molecule has 6 aromatic rings. The van der Waals surface area contributed by atoms with Gasteiger partial charge in [-0.15, -0.1) is 0 Å². The fourth-order valence-electron chi connectivity index (χ4n) is 4.43. The van der Waals surface area contributed by atoms with Crippen molar-refractivity contribution in [2.45, 2.75) is 6.54 Å². The lowest BCUT2D eigenvalue weighted by Gasteiger charge is -2.07. The number of H-pyrrole nitrogens is 2. The summed E-state index contributed by atoms with van der Waals surface area (Å²) < 4.78 is 55.7. The summed E-state index contributed by atoms with van der Waals surface area (Å²) in [5.74, 6) is -0.797. The Morgan fingerprint density at radius 1 is 1.00 bits per heavy atom. The first-order chi connectivity index (χ1) is 18.7. The number of hydrogen-bond acceptors (Lipinski definition) is 7. The summed E-state index contributed by atoms with van der Waals surface area (Å²) in [5, 5.41) is 7.37. The predicted octanol–water partition coefficient (Wildman–Crippen LogP) is 4.14. The zero-order valence-corrected chi connectivity index (χ0v) is 21.1. The summed E-state index contributed by atoms with van der Waals surface area (Å²) >= 11 is 0. The Kier molecular flexibility index (Phi) is 5.81. The highest BCUT2D eigenvalue weighted by Crippen LogP contribution is 2.35. The number of rotatable bonds is 6. The lowest BCUT2D eigenvalue weighted by Crippen LogP contribution is -2.21. The van der Waals surface area contributed by atoms with Gasteiger partial charge in [0.1, 0.15) is 22.8 Å². The number of imidazole rings is 1. The average Bonchev–Trinajstić information content (AvgIpc) is 3.51. The van der Waals surface area contributed by atoms with E-state index in [4.69, 9.17) is 5.73 Å². The molecule has 0 radical (unpaired) electrons. The molecule has 0 saturated heterocycles. The second kappa shape index (κ2) is 9.22. The fourth-order valence-corrected chi connectivity index (χ4v) is 4.86. The van der Waals surface area contributed by atoms with Gasteiger partial charge in [0.25, 0.3) is 0 Å². The molecule has 0 saturated carbocycles. The van der Waals surface area contributed by atoms with Gasteiger partial charge in [0.15, 0.2) is 5.82 Å². The lowest BCUT2D eigenvalue weighted by atomic mass is 10.0. The number of aromatic nitrogens is 6. The largest absolute Gasteiger partial charge is 0.397 e. The van der Waals surface area contributed by atoms with Crippen LogP contribution in [0, 0.1) is 11.6 Å². The van der Waals surface area contributed by atoms with Crippen molar-refractivity contribution in [3.8, 4) is 33.9 Å². The van der Waals surface area contributed by atoms with Crippen molar-refractivity contribution in [1.82, 2.24) is 34.9 Å². The number of nitrogens with one attached hydrogen (secondary N) is 3. The molecule has 4 aromatic heterocycles. The van der Waals surface area contributed by atoms with Gasteiger partial charge in [0, 0.05) is 41.8 Å². The highest BCUT2D eigenvalue weighted by molar-refractivity contribution is 7.88. The van der Waals surface area contributed by atoms with Crippen LogP contribution >= 0.6 is 0 Å². The van der Waals surface area contributed by atoms with Crippen LogP contribution in [0.15, 0.2) is 61.1 Å². The average molecular weight is 547 g/mol. The molecule has 0 aliphatic rings. The van der Waals surface area contributed by atoms with Gasteiger partial charge in [0.2, 0.25) is 10.0 Å². The maximum atomic E-state index is 15.8. The molecule has 4 heterocycles. The van der Waals surface area contributed by atoms with Crippen molar-refractivity contribution >= 4 is 37.6 Å². The van der Waals surface area contributed by atoms with E-state index >= 15 is 4.39 Å². The van der Waals surface area contributed by atoms with Crippen LogP contribution < -0.4 is 10.5 Å². The molecule has 0 amide bonds. The first-order valence-corrected chi connectivity index (χ1v) is 13.5. The van der Waals surface area contributed by atoms with Crippen LogP contribution in [0.4, 0.5) is 14.5 Å². The smallest absolute Gasteiger partial charge is 0.209 e. The van der Waals surface area contributed by atoms with E-state index < -0.39 is 21.7 Å². The Balaban J connectivity index is 1.46. The molecule has 13 heteroatoms. The molecule has 0 spiro atoms. The van der Waals surface area contributed by atoms with Crippen molar-refractivity contribution in [2.75, 3.05) is 12.0 Å². The van der Waals surface area contributed by atoms with Gasteiger partial charge in [-0.1, -0.05) is 0 Å². The number of sulfonamides is 1. The number of anilines is 1. The van der Waals surface area contributed by atoms with E-state index in [1.807, 2.05) is 0 Å². The lowest BCUT2D eigenvalue weighted by molar-refractivity contribution is 0.586. The fraction of sp³-hybridized carbons (Fsp3) is 0.0769. The minimum absolute atomic E-state index is 0.0885. The van der Waals surface area contributed by atoms with Crippen molar-refractivity contribution < 1.29 is 17.2 Å². The zero-order chi connectivity index (χ0) is 27.3. The molecule has 10 nitrogen and oxygen atoms in total. The van der Waals surface area contributed by atoms with Gasteiger partial charge < -0.3 is 10.7 Å². The highest BCUT2D eigenvalue weighted by Gasteiger charge is 2.21. The van der Waals surface area contributed by atoms with Gasteiger partial charge in [-0.25, -0.2) is 26.9 Å². The second-order valence-electron chi connectivity index (χ2n) is 9.01. The van der Waals surface area contributed by atoms with E-state index in [2.05, 4.69) is 34.9 Å². The molecule has 0 bridgehead atoms. The molecule has 0 fully saturated rings. The summed E-state index contributed by atoms with van der Waals surface area (Å²) in [4.78, 5) is 16.3. The molecule has 0 atom stereocenters. The molecular weight excluding hydrogens is 526 g/mol. The highest BCUT2D eigenvalue weighted by atomic mass is 32.2. The second-order valence-corrected chi connectivity index (χ2v) is 10.8. The quantitative estimate of drug-likeness (QED) is 0.245. The maximum Gasteiger partial charge on any atom is 0.209 e. The summed E-state index contributed by atoms with van der Waals surface area (Å²) in [6, 6.07) is 10.8. The standard InChI is InChI=1S/C26H20F2N8O2S/c1-39(37,38)32-10-13-6-14(8-16(27)7-13)23-24-20(4-5-31-23)33-26(34-24)25-21-19(35-36-25)3-2-18(22(21)28)15-9-17(29)12-30-11-15/h2-9,11-12,32H,10,29H2,1H3,(H,33,34)(H,35,36). The van der Waals surface area contributed by atoms with Crippen LogP contribution in [0.5, 0.6) is 0 Å². The molecule has 0 aliphatic heterocycles. The van der Waals surface area contributed by atoms with E-state index in [-0.39, 0.29) is 23.4 Å². The molecule has 0 aliphatic carbocycles. The Hall–Kier alpha value is -4.75. The number of fused-ring (bicyclic) bond motifs is 2. The van der Waals surface area contributed by atoms with Crippen molar-refractivity contribution in [3.63, 3.8) is 0 Å². The predicted molar refractivity (Wildman–Crippen MR) is 144 cm³/mol. The van der Waals surface area contributed by atoms with Gasteiger partial charge >= 0.3 is 0 Å². The Labute approximate surface area is 220 Å². The van der Waals surface area contributed by atoms with E-state index in [9.17, 15) is 12.8 Å². The minimum Gasteiger partial charge on any atom is -0.397 e. The Bertz CT molecular complexity index is 2000. The van der Waals surface area contributed by atoms with Crippen molar-refractivity contribution in [3.05, 3.63) is 78.3 Å². The summed E-state index contributed by atoms with van der Waals surface area (Å²) in [7, 11) is -3.47. The summed E-state index contributed by atoms with van der Waals surface area (Å²) in [6.45, 7) is -0.0885. The van der Waals surface area contributed by atoms with E-state index in [1.165, 1.54) is 30.7 Å². The first-order valence-electron chi connectivity index (χ1n) is 11.6. The molecule has 2 aromatic carbocycles. The Morgan fingerprint density at radius 3 is 2.64 bits per heavy atom. The summed E-state index contributed by atoms with van der Waals surface area (Å²) in [5.41, 5.74) is 9.95. The third-order valence-electron chi connectivity index (χ3n) is 6.13. The van der Waals surface area contributed by atoms with Crippen molar-refractivity contribution in [2.24, 2.45) is 0 Å². The number of halogens is 2. The number of benzene rings is 2. The maximum absolute atomic E-state index is 15.8. The number of hydrogen-bond donors (Lipinski definition) is 4. The van der Waals surface area contributed by atoms with E-state index in [1.54, 1.807) is 30.3 Å². The summed E-state index contributed by atoms with van der Waals surface area (Å²) in [6.07, 6.45) is 5.57. The van der Waals surface area contributed by atoms with Crippen molar-refractivity contribution in [1.29, 1.82) is 0 Å². The van der Waals surface area contributed by atoms with Crippen LogP contribution in [-0.2, 0) is 16.6 Å². The Morgan fingerprint density at radius 2 is 1.85 bits per heavy atom. The monoisotopic (exact) mass is 546 g/mol. The van der Waals surface area contributed by atoms with Crippen LogP contribution in [0.2, 0.25) is 0 Å². The molecule has 5 N–H and O–H groups in total. The number of aromatic amines is 2. The van der Waals surface area contributed by atoms with Gasteiger partial charge in [-0.3, -0.25) is 15.1 Å². The third-order valence-corrected chi connectivity index (χ3v) is 6.80. The number of nitrogens with two attached hydrogens (primary N) is 1. The van der Waals surface area contributed by atoms with Gasteiger partial charge in [-0.2, -0.15) is 5.10 Å². The normalized spacial score (nSPS) is 12.0. The molecular formula is C26H20F2N8O2S. The van der Waals surface area contributed by atoms with E-state index in [0.717, 1.165) is 6.26 Å². The number of pyridine rings is 2.